The van der Waals surface area contributed by atoms with Crippen LogP contribution in [0.2, 0.25) is 0 Å². The van der Waals surface area contributed by atoms with E-state index in [-0.39, 0.29) is 5.82 Å². The Kier molecular flexibility index (Phi) is 4.12. The van der Waals surface area contributed by atoms with E-state index in [0.717, 1.165) is 27.9 Å². The van der Waals surface area contributed by atoms with Crippen molar-refractivity contribution in [1.29, 1.82) is 0 Å². The van der Waals surface area contributed by atoms with E-state index in [1.807, 2.05) is 31.4 Å². The summed E-state index contributed by atoms with van der Waals surface area (Å²) >= 11 is 0. The van der Waals surface area contributed by atoms with E-state index in [9.17, 15) is 4.39 Å². The van der Waals surface area contributed by atoms with Crippen molar-refractivity contribution in [2.24, 2.45) is 12.8 Å². The number of hydrogen-bond donors (Lipinski definition) is 1. The van der Waals surface area contributed by atoms with Crippen molar-refractivity contribution in [3.05, 3.63) is 60.0 Å². The predicted octanol–water partition coefficient (Wildman–Crippen LogP) is 3.36. The summed E-state index contributed by atoms with van der Waals surface area (Å²) in [5.41, 5.74) is 10.4. The SMILES string of the molecule is COc1cc(CN)c(-c2ccn(C)n2)cc1-c1ccc(F)cc1. The van der Waals surface area contributed by atoms with E-state index in [1.165, 1.54) is 12.1 Å². The minimum absolute atomic E-state index is 0.267. The normalized spacial score (nSPS) is 10.8. The summed E-state index contributed by atoms with van der Waals surface area (Å²) in [5, 5.41) is 4.45. The van der Waals surface area contributed by atoms with Crippen LogP contribution in [0.3, 0.4) is 0 Å². The highest BCUT2D eigenvalue weighted by molar-refractivity contribution is 5.78. The lowest BCUT2D eigenvalue weighted by atomic mass is 9.96. The summed E-state index contributed by atoms with van der Waals surface area (Å²) in [6.45, 7) is 0.381. The molecule has 0 atom stereocenters. The largest absolute Gasteiger partial charge is 0.496 e. The van der Waals surface area contributed by atoms with Crippen LogP contribution in [0.25, 0.3) is 22.4 Å². The van der Waals surface area contributed by atoms with Gasteiger partial charge >= 0.3 is 0 Å². The summed E-state index contributed by atoms with van der Waals surface area (Å²) in [6.07, 6.45) is 1.89. The van der Waals surface area contributed by atoms with Crippen LogP contribution >= 0.6 is 0 Å². The van der Waals surface area contributed by atoms with Gasteiger partial charge in [-0.2, -0.15) is 5.10 Å². The van der Waals surface area contributed by atoms with Gasteiger partial charge in [-0.3, -0.25) is 4.68 Å². The Morgan fingerprint density at radius 1 is 1.13 bits per heavy atom. The zero-order chi connectivity index (χ0) is 16.4. The predicted molar refractivity (Wildman–Crippen MR) is 88.5 cm³/mol. The summed E-state index contributed by atoms with van der Waals surface area (Å²) < 4.78 is 20.4. The maximum absolute atomic E-state index is 13.2. The second-order valence-electron chi connectivity index (χ2n) is 5.30. The molecule has 0 spiro atoms. The van der Waals surface area contributed by atoms with E-state index in [1.54, 1.807) is 23.9 Å². The number of benzene rings is 2. The third kappa shape index (κ3) is 2.96. The lowest BCUT2D eigenvalue weighted by molar-refractivity contribution is 0.416. The standard InChI is InChI=1S/C18H18FN3O/c1-22-8-7-17(21-22)15-10-16(12-3-5-14(19)6-4-12)18(23-2)9-13(15)11-20/h3-10H,11,20H2,1-2H3. The highest BCUT2D eigenvalue weighted by Crippen LogP contribution is 2.36. The molecule has 3 aromatic rings. The number of hydrogen-bond acceptors (Lipinski definition) is 3. The molecule has 2 aromatic carbocycles. The zero-order valence-corrected chi connectivity index (χ0v) is 13.1. The second kappa shape index (κ2) is 6.22. The molecule has 4 nitrogen and oxygen atoms in total. The van der Waals surface area contributed by atoms with Gasteiger partial charge in [-0.25, -0.2) is 4.39 Å². The minimum Gasteiger partial charge on any atom is -0.496 e. The van der Waals surface area contributed by atoms with Crippen molar-refractivity contribution >= 4 is 0 Å². The first-order valence-electron chi connectivity index (χ1n) is 7.29. The summed E-state index contributed by atoms with van der Waals surface area (Å²) in [4.78, 5) is 0. The van der Waals surface area contributed by atoms with Crippen LogP contribution in [0.15, 0.2) is 48.7 Å². The van der Waals surface area contributed by atoms with Gasteiger partial charge < -0.3 is 10.5 Å². The molecular formula is C18H18FN3O. The number of ether oxygens (including phenoxy) is 1. The molecule has 0 aliphatic carbocycles. The third-order valence-electron chi connectivity index (χ3n) is 3.79. The van der Waals surface area contributed by atoms with Crippen molar-refractivity contribution in [1.82, 2.24) is 9.78 Å². The van der Waals surface area contributed by atoms with E-state index >= 15 is 0 Å². The molecule has 118 valence electrons. The van der Waals surface area contributed by atoms with Crippen LogP contribution in [-0.4, -0.2) is 16.9 Å². The molecule has 0 fully saturated rings. The molecule has 5 heteroatoms. The first-order valence-corrected chi connectivity index (χ1v) is 7.29. The van der Waals surface area contributed by atoms with Gasteiger partial charge in [0.05, 0.1) is 12.8 Å². The third-order valence-corrected chi connectivity index (χ3v) is 3.79. The number of nitrogens with zero attached hydrogens (tertiary/aromatic N) is 2. The molecule has 2 N–H and O–H groups in total. The highest BCUT2D eigenvalue weighted by atomic mass is 19.1. The van der Waals surface area contributed by atoms with Crippen molar-refractivity contribution in [3.8, 4) is 28.1 Å². The molecule has 0 aliphatic rings. The van der Waals surface area contributed by atoms with Gasteiger partial charge in [-0.15, -0.1) is 0 Å². The van der Waals surface area contributed by atoms with Gasteiger partial charge in [0.25, 0.3) is 0 Å². The van der Waals surface area contributed by atoms with Gasteiger partial charge in [0.15, 0.2) is 0 Å². The topological polar surface area (TPSA) is 53.1 Å². The molecule has 0 saturated heterocycles. The Morgan fingerprint density at radius 3 is 2.43 bits per heavy atom. The van der Waals surface area contributed by atoms with Crippen LogP contribution in [0, 0.1) is 5.82 Å². The lowest BCUT2D eigenvalue weighted by Gasteiger charge is -2.14. The molecule has 1 aromatic heterocycles. The molecule has 1 heterocycles. The van der Waals surface area contributed by atoms with E-state index in [0.29, 0.717) is 12.3 Å². The maximum atomic E-state index is 13.2. The number of aromatic nitrogens is 2. The average Bonchev–Trinajstić information content (AvgIpc) is 3.00. The summed E-state index contributed by atoms with van der Waals surface area (Å²) in [7, 11) is 3.49. The van der Waals surface area contributed by atoms with Crippen LogP contribution in [0.1, 0.15) is 5.56 Å². The van der Waals surface area contributed by atoms with Crippen LogP contribution in [-0.2, 0) is 13.6 Å². The Balaban J connectivity index is 2.20. The molecule has 23 heavy (non-hydrogen) atoms. The lowest BCUT2D eigenvalue weighted by Crippen LogP contribution is -2.02. The minimum atomic E-state index is -0.267. The molecule has 0 radical (unpaired) electrons. The zero-order valence-electron chi connectivity index (χ0n) is 13.1. The summed E-state index contributed by atoms with van der Waals surface area (Å²) in [5.74, 6) is 0.438. The molecule has 0 bridgehead atoms. The molecule has 3 rings (SSSR count). The van der Waals surface area contributed by atoms with E-state index in [2.05, 4.69) is 5.10 Å². The van der Waals surface area contributed by atoms with Crippen LogP contribution < -0.4 is 10.5 Å². The number of methoxy groups -OCH3 is 1. The summed E-state index contributed by atoms with van der Waals surface area (Å²) in [6, 6.07) is 12.2. The van der Waals surface area contributed by atoms with Gasteiger partial charge in [-0.1, -0.05) is 12.1 Å². The van der Waals surface area contributed by atoms with Gasteiger partial charge in [0.1, 0.15) is 11.6 Å². The van der Waals surface area contributed by atoms with Crippen molar-refractivity contribution < 1.29 is 9.13 Å². The molecule has 0 saturated carbocycles. The van der Waals surface area contributed by atoms with Crippen molar-refractivity contribution in [2.45, 2.75) is 6.54 Å². The Hall–Kier alpha value is -2.66. The van der Waals surface area contributed by atoms with Gasteiger partial charge in [0.2, 0.25) is 0 Å². The van der Waals surface area contributed by atoms with Gasteiger partial charge in [-0.05, 0) is 41.5 Å². The molecule has 0 aliphatic heterocycles. The van der Waals surface area contributed by atoms with Crippen molar-refractivity contribution in [3.63, 3.8) is 0 Å². The fourth-order valence-corrected chi connectivity index (χ4v) is 2.61. The fourth-order valence-electron chi connectivity index (χ4n) is 2.61. The molecule has 0 unspecified atom stereocenters. The van der Waals surface area contributed by atoms with Crippen LogP contribution in [0.5, 0.6) is 5.75 Å². The number of rotatable bonds is 4. The first kappa shape index (κ1) is 15.2. The Labute approximate surface area is 134 Å². The van der Waals surface area contributed by atoms with Crippen LogP contribution in [0.4, 0.5) is 4.39 Å². The van der Waals surface area contributed by atoms with Gasteiger partial charge in [0, 0.05) is 30.9 Å². The maximum Gasteiger partial charge on any atom is 0.127 e. The van der Waals surface area contributed by atoms with Crippen molar-refractivity contribution in [2.75, 3.05) is 7.11 Å². The number of halogens is 1. The second-order valence-corrected chi connectivity index (χ2v) is 5.30. The first-order chi connectivity index (χ1) is 11.1. The van der Waals surface area contributed by atoms with E-state index < -0.39 is 0 Å². The fraction of sp³-hybridized carbons (Fsp3) is 0.167. The monoisotopic (exact) mass is 311 g/mol. The number of aryl methyl sites for hydroxylation is 1. The highest BCUT2D eigenvalue weighted by Gasteiger charge is 2.14. The molecule has 0 amide bonds. The Morgan fingerprint density at radius 2 is 1.87 bits per heavy atom. The Bertz CT molecular complexity index is 825. The molecular weight excluding hydrogens is 293 g/mol. The quantitative estimate of drug-likeness (QED) is 0.804. The smallest absolute Gasteiger partial charge is 0.127 e. The van der Waals surface area contributed by atoms with E-state index in [4.69, 9.17) is 10.5 Å². The number of nitrogens with two attached hydrogens (primary N) is 1. The average molecular weight is 311 g/mol.